The van der Waals surface area contributed by atoms with Crippen LogP contribution >= 0.6 is 0 Å². The lowest BCUT2D eigenvalue weighted by molar-refractivity contribution is -0.141. The first-order chi connectivity index (χ1) is 15.7. The summed E-state index contributed by atoms with van der Waals surface area (Å²) in [6.45, 7) is 1.90. The molecule has 10 heteroatoms. The number of benzene rings is 1. The maximum absolute atomic E-state index is 13.7. The number of nitrogens with zero attached hydrogens (tertiary/aromatic N) is 2. The van der Waals surface area contributed by atoms with Gasteiger partial charge in [-0.1, -0.05) is 6.92 Å². The molecule has 2 heterocycles. The third kappa shape index (κ3) is 4.14. The summed E-state index contributed by atoms with van der Waals surface area (Å²) in [6, 6.07) is 6.90. The van der Waals surface area contributed by atoms with Crippen molar-refractivity contribution in [3.05, 3.63) is 48.0 Å². The number of halogens is 4. The van der Waals surface area contributed by atoms with Gasteiger partial charge in [0.2, 0.25) is 5.91 Å². The molecular weight excluding hydrogens is 440 g/mol. The van der Waals surface area contributed by atoms with E-state index in [1.165, 1.54) is 12.1 Å². The van der Waals surface area contributed by atoms with Crippen molar-refractivity contribution in [2.24, 2.45) is 23.7 Å². The molecule has 2 aliphatic rings. The van der Waals surface area contributed by atoms with Crippen LogP contribution in [0.15, 0.2) is 36.5 Å². The van der Waals surface area contributed by atoms with E-state index in [4.69, 9.17) is 4.74 Å². The lowest BCUT2D eigenvalue weighted by atomic mass is 9.93. The summed E-state index contributed by atoms with van der Waals surface area (Å²) in [4.78, 5) is 17.0. The lowest BCUT2D eigenvalue weighted by Gasteiger charge is -2.21. The fraction of sp³-hybridized carbons (Fsp3) is 0.435. The number of fused-ring (bicyclic) bond motifs is 2. The van der Waals surface area contributed by atoms with E-state index in [0.29, 0.717) is 34.9 Å². The van der Waals surface area contributed by atoms with E-state index in [0.717, 1.165) is 18.9 Å². The van der Waals surface area contributed by atoms with E-state index in [9.17, 15) is 22.4 Å². The maximum Gasteiger partial charge on any atom is 0.432 e. The minimum Gasteiger partial charge on any atom is -0.490 e. The van der Waals surface area contributed by atoms with Gasteiger partial charge in [-0.2, -0.15) is 18.3 Å². The molecule has 33 heavy (non-hydrogen) atoms. The Kier molecular flexibility index (Phi) is 5.25. The number of amides is 1. The first-order valence-corrected chi connectivity index (χ1v) is 10.9. The number of alkyl halides is 3. The predicted octanol–water partition coefficient (Wildman–Crippen LogP) is 5.18. The van der Waals surface area contributed by atoms with Crippen LogP contribution in [0.5, 0.6) is 5.75 Å². The smallest absolute Gasteiger partial charge is 0.432 e. The van der Waals surface area contributed by atoms with Crippen LogP contribution in [0.3, 0.4) is 0 Å². The number of hydrogen-bond donors (Lipinski definition) is 2. The normalized spacial score (nSPS) is 25.0. The Hall–Kier alpha value is -3.17. The topological polar surface area (TPSA) is 79.9 Å². The van der Waals surface area contributed by atoms with Crippen LogP contribution in [-0.4, -0.2) is 27.2 Å². The van der Waals surface area contributed by atoms with Crippen molar-refractivity contribution in [2.45, 2.75) is 38.5 Å². The molecule has 0 bridgehead atoms. The molecule has 5 rings (SSSR count). The van der Waals surface area contributed by atoms with Gasteiger partial charge in [-0.3, -0.25) is 14.9 Å². The van der Waals surface area contributed by atoms with Crippen LogP contribution in [0, 0.1) is 29.5 Å². The Morgan fingerprint density at radius 2 is 2.00 bits per heavy atom. The van der Waals surface area contributed by atoms with Gasteiger partial charge in [-0.25, -0.2) is 4.39 Å². The zero-order valence-electron chi connectivity index (χ0n) is 17.7. The number of H-pyrrole nitrogens is 1. The highest BCUT2D eigenvalue weighted by molar-refractivity contribution is 5.92. The van der Waals surface area contributed by atoms with Crippen molar-refractivity contribution in [1.29, 1.82) is 0 Å². The van der Waals surface area contributed by atoms with Crippen molar-refractivity contribution < 1.29 is 27.1 Å². The quantitative estimate of drug-likeness (QED) is 0.495. The lowest BCUT2D eigenvalue weighted by Crippen LogP contribution is -2.27. The van der Waals surface area contributed by atoms with Crippen LogP contribution in [0.25, 0.3) is 10.9 Å². The number of rotatable bonds is 6. The van der Waals surface area contributed by atoms with Crippen molar-refractivity contribution in [2.75, 3.05) is 5.32 Å². The molecule has 1 aromatic carbocycles. The van der Waals surface area contributed by atoms with E-state index in [1.54, 1.807) is 18.3 Å². The zero-order chi connectivity index (χ0) is 23.3. The third-order valence-corrected chi connectivity index (χ3v) is 6.80. The number of carbonyl (C=O) groups excluding carboxylic acids is 1. The number of aromatic nitrogens is 3. The Labute approximate surface area is 186 Å². The van der Waals surface area contributed by atoms with Gasteiger partial charge in [-0.05, 0) is 61.3 Å². The van der Waals surface area contributed by atoms with Crippen LogP contribution in [0.1, 0.15) is 31.9 Å². The van der Waals surface area contributed by atoms with Crippen LogP contribution in [0.4, 0.5) is 23.4 Å². The average molecular weight is 462 g/mol. The van der Waals surface area contributed by atoms with E-state index in [-0.39, 0.29) is 35.5 Å². The van der Waals surface area contributed by atoms with Crippen LogP contribution < -0.4 is 10.1 Å². The van der Waals surface area contributed by atoms with E-state index in [1.807, 2.05) is 12.0 Å². The van der Waals surface area contributed by atoms with Gasteiger partial charge in [-0.15, -0.1) is 0 Å². The molecule has 3 aromatic rings. The highest BCUT2D eigenvalue weighted by Gasteiger charge is 2.60. The SMILES string of the molecule is CCC(C(=O)Nc1cc(C(F)(F)F)[nH]n1)C1C2CC(Oc3ccnc4ccc(F)cc34)CC21. The molecule has 3 atom stereocenters. The molecule has 2 saturated carbocycles. The Morgan fingerprint density at radius 3 is 2.67 bits per heavy atom. The molecule has 0 spiro atoms. The molecular formula is C23H22F4N4O2. The first-order valence-electron chi connectivity index (χ1n) is 10.9. The Bertz CT molecular complexity index is 1180. The van der Waals surface area contributed by atoms with Gasteiger partial charge in [0.15, 0.2) is 5.82 Å². The van der Waals surface area contributed by atoms with E-state index < -0.39 is 11.9 Å². The second kappa shape index (κ2) is 8.00. The Balaban J connectivity index is 1.21. The van der Waals surface area contributed by atoms with E-state index in [2.05, 4.69) is 15.4 Å². The number of nitrogens with one attached hydrogen (secondary N) is 2. The molecule has 0 radical (unpaired) electrons. The summed E-state index contributed by atoms with van der Waals surface area (Å²) in [5.74, 6) is 0.294. The van der Waals surface area contributed by atoms with Crippen LogP contribution in [0.2, 0.25) is 0 Å². The second-order valence-corrected chi connectivity index (χ2v) is 8.76. The Morgan fingerprint density at radius 1 is 1.24 bits per heavy atom. The van der Waals surface area contributed by atoms with Crippen molar-refractivity contribution in [3.63, 3.8) is 0 Å². The average Bonchev–Trinajstić information content (AvgIpc) is 3.11. The third-order valence-electron chi connectivity index (χ3n) is 6.80. The van der Waals surface area contributed by atoms with Crippen molar-refractivity contribution >= 4 is 22.6 Å². The molecule has 6 nitrogen and oxygen atoms in total. The predicted molar refractivity (Wildman–Crippen MR) is 112 cm³/mol. The summed E-state index contributed by atoms with van der Waals surface area (Å²) < 4.78 is 58.1. The van der Waals surface area contributed by atoms with Gasteiger partial charge >= 0.3 is 6.18 Å². The number of pyridine rings is 1. The fourth-order valence-electron chi connectivity index (χ4n) is 5.29. The fourth-order valence-corrected chi connectivity index (χ4v) is 5.29. The molecule has 174 valence electrons. The highest BCUT2D eigenvalue weighted by atomic mass is 19.4. The van der Waals surface area contributed by atoms with Crippen molar-refractivity contribution in [1.82, 2.24) is 15.2 Å². The zero-order valence-corrected chi connectivity index (χ0v) is 17.7. The molecule has 2 aromatic heterocycles. The summed E-state index contributed by atoms with van der Waals surface area (Å²) in [5.41, 5.74) is -0.345. The van der Waals surface area contributed by atoms with Gasteiger partial charge in [0, 0.05) is 23.6 Å². The summed E-state index contributed by atoms with van der Waals surface area (Å²) >= 11 is 0. The first kappa shape index (κ1) is 21.7. The maximum atomic E-state index is 13.7. The minimum absolute atomic E-state index is 0.0358. The minimum atomic E-state index is -4.55. The molecule has 2 fully saturated rings. The van der Waals surface area contributed by atoms with Gasteiger partial charge < -0.3 is 10.1 Å². The van der Waals surface area contributed by atoms with Crippen molar-refractivity contribution in [3.8, 4) is 5.75 Å². The highest BCUT2D eigenvalue weighted by Crippen LogP contribution is 2.62. The number of hydrogen-bond acceptors (Lipinski definition) is 4. The number of ether oxygens (including phenoxy) is 1. The summed E-state index contributed by atoms with van der Waals surface area (Å²) in [6.07, 6.45) is -0.817. The van der Waals surface area contributed by atoms with E-state index >= 15 is 0 Å². The largest absolute Gasteiger partial charge is 0.490 e. The van der Waals surface area contributed by atoms with Gasteiger partial charge in [0.1, 0.15) is 17.3 Å². The van der Waals surface area contributed by atoms with Gasteiger partial charge in [0.25, 0.3) is 0 Å². The molecule has 2 N–H and O–H groups in total. The standard InChI is InChI=1S/C23H22F4N4O2/c1-2-13(22(32)29-20-10-19(30-31-20)23(25,26)27)21-14-8-12(9-15(14)21)33-18-5-6-28-17-4-3-11(24)7-16(17)18/h3-7,10,12-15,21H,2,8-9H2,1H3,(H2,29,30,31,32). The molecule has 1 amide bonds. The number of carbonyl (C=O) groups is 1. The summed E-state index contributed by atoms with van der Waals surface area (Å²) in [7, 11) is 0. The monoisotopic (exact) mass is 462 g/mol. The molecule has 3 unspecified atom stereocenters. The summed E-state index contributed by atoms with van der Waals surface area (Å²) in [5, 5.41) is 8.60. The molecule has 0 saturated heterocycles. The second-order valence-electron chi connectivity index (χ2n) is 8.76. The van der Waals surface area contributed by atoms with Crippen LogP contribution in [-0.2, 0) is 11.0 Å². The molecule has 2 aliphatic carbocycles. The molecule has 0 aliphatic heterocycles. The van der Waals surface area contributed by atoms with Gasteiger partial charge in [0.05, 0.1) is 11.6 Å². The number of anilines is 1. The number of aromatic amines is 1.